The van der Waals surface area contributed by atoms with Gasteiger partial charge in [0.2, 0.25) is 0 Å². The molecule has 0 fully saturated rings. The lowest BCUT2D eigenvalue weighted by Gasteiger charge is -1.91. The fourth-order valence-electron chi connectivity index (χ4n) is 1.15. The third-order valence-corrected chi connectivity index (χ3v) is 2.68. The fraction of sp³-hybridized carbons (Fsp3) is 0. The van der Waals surface area contributed by atoms with Gasteiger partial charge < -0.3 is 5.11 Å². The first-order valence-electron chi connectivity index (χ1n) is 3.53. The summed E-state index contributed by atoms with van der Waals surface area (Å²) in [5.74, 6) is 0.0500. The smallest absolute Gasteiger partial charge is 0.287 e. The maximum absolute atomic E-state index is 10.5. The van der Waals surface area contributed by atoms with Gasteiger partial charge in [0.1, 0.15) is 5.75 Å². The predicted octanol–water partition coefficient (Wildman–Crippen LogP) is 2.52. The first-order valence-corrected chi connectivity index (χ1v) is 4.41. The summed E-state index contributed by atoms with van der Waals surface area (Å²) in [5.41, 5.74) is 0.0518. The van der Waals surface area contributed by atoms with Crippen LogP contribution in [0, 0.1) is 10.1 Å². The second-order valence-corrected chi connectivity index (χ2v) is 3.47. The molecule has 1 N–H and O–H groups in total. The van der Waals surface area contributed by atoms with Gasteiger partial charge in [0.15, 0.2) is 0 Å². The Morgan fingerprint density at radius 2 is 2.23 bits per heavy atom. The number of aromatic hydroxyl groups is 1. The van der Waals surface area contributed by atoms with E-state index in [-0.39, 0.29) is 11.4 Å². The van der Waals surface area contributed by atoms with E-state index in [9.17, 15) is 10.1 Å². The van der Waals surface area contributed by atoms with Crippen LogP contribution >= 0.6 is 11.3 Å². The molecule has 2 rings (SSSR count). The van der Waals surface area contributed by atoms with Crippen molar-refractivity contribution in [3.63, 3.8) is 0 Å². The molecule has 1 heterocycles. The van der Waals surface area contributed by atoms with Gasteiger partial charge >= 0.3 is 0 Å². The van der Waals surface area contributed by atoms with E-state index in [0.717, 1.165) is 4.70 Å². The van der Waals surface area contributed by atoms with Gasteiger partial charge in [-0.1, -0.05) is 0 Å². The van der Waals surface area contributed by atoms with Crippen LogP contribution < -0.4 is 0 Å². The molecule has 1 aromatic heterocycles. The van der Waals surface area contributed by atoms with Gasteiger partial charge in [-0.25, -0.2) is 0 Å². The third-order valence-electron chi connectivity index (χ3n) is 1.73. The minimum absolute atomic E-state index is 0.0500. The van der Waals surface area contributed by atoms with E-state index in [1.54, 1.807) is 6.07 Å². The number of hydrogen-bond donors (Lipinski definition) is 1. The molecule has 0 spiro atoms. The Labute approximate surface area is 77.2 Å². The second-order valence-electron chi connectivity index (χ2n) is 2.56. The first kappa shape index (κ1) is 8.00. The normalized spacial score (nSPS) is 10.5. The van der Waals surface area contributed by atoms with Gasteiger partial charge in [-0.15, -0.1) is 11.3 Å². The number of phenols is 1. The zero-order chi connectivity index (χ0) is 9.42. The highest BCUT2D eigenvalue weighted by atomic mass is 32.1. The lowest BCUT2D eigenvalue weighted by Crippen LogP contribution is -1.84. The maximum Gasteiger partial charge on any atom is 0.287 e. The van der Waals surface area contributed by atoms with Crippen molar-refractivity contribution in [2.45, 2.75) is 0 Å². The summed E-state index contributed by atoms with van der Waals surface area (Å²) >= 11 is 1.30. The van der Waals surface area contributed by atoms with Crippen LogP contribution in [0.5, 0.6) is 5.75 Å². The van der Waals surface area contributed by atoms with Crippen molar-refractivity contribution in [2.75, 3.05) is 0 Å². The Morgan fingerprint density at radius 1 is 1.46 bits per heavy atom. The number of hydrogen-bond acceptors (Lipinski definition) is 4. The van der Waals surface area contributed by atoms with E-state index in [2.05, 4.69) is 0 Å². The maximum atomic E-state index is 10.5. The Morgan fingerprint density at radius 3 is 2.92 bits per heavy atom. The summed E-state index contributed by atoms with van der Waals surface area (Å²) in [7, 11) is 0. The van der Waals surface area contributed by atoms with Crippen LogP contribution in [-0.2, 0) is 0 Å². The summed E-state index contributed by atoms with van der Waals surface area (Å²) in [6, 6.07) is 4.59. The number of nitrogens with zero attached hydrogens (tertiary/aromatic N) is 1. The molecule has 0 amide bonds. The van der Waals surface area contributed by atoms with Crippen molar-refractivity contribution >= 4 is 27.1 Å². The molecular weight excluding hydrogens is 190 g/mol. The number of thiophene rings is 1. The molecular formula is C8H5NO3S. The van der Waals surface area contributed by atoms with Crippen LogP contribution in [0.2, 0.25) is 0 Å². The van der Waals surface area contributed by atoms with E-state index < -0.39 is 4.92 Å². The van der Waals surface area contributed by atoms with Crippen LogP contribution in [0.15, 0.2) is 23.6 Å². The number of rotatable bonds is 1. The zero-order valence-corrected chi connectivity index (χ0v) is 7.25. The Bertz CT molecular complexity index is 477. The number of fused-ring (bicyclic) bond motifs is 1. The standard InChI is InChI=1S/C8H5NO3S/c10-5-1-2-8-6(3-5)7(4-13-8)9(11)12/h1-4,10H. The van der Waals surface area contributed by atoms with Gasteiger partial charge in [-0.3, -0.25) is 10.1 Å². The van der Waals surface area contributed by atoms with Crippen molar-refractivity contribution in [3.8, 4) is 5.75 Å². The van der Waals surface area contributed by atoms with Crippen LogP contribution in [-0.4, -0.2) is 10.0 Å². The monoisotopic (exact) mass is 195 g/mol. The van der Waals surface area contributed by atoms with E-state index in [4.69, 9.17) is 5.11 Å². The van der Waals surface area contributed by atoms with Gasteiger partial charge in [-0.2, -0.15) is 0 Å². The molecule has 1 aromatic carbocycles. The summed E-state index contributed by atoms with van der Waals surface area (Å²) in [5, 5.41) is 21.6. The molecule has 0 saturated heterocycles. The molecule has 13 heavy (non-hydrogen) atoms. The highest BCUT2D eigenvalue weighted by molar-refractivity contribution is 7.17. The molecule has 0 atom stereocenters. The van der Waals surface area contributed by atoms with E-state index in [0.29, 0.717) is 5.39 Å². The molecule has 0 aliphatic carbocycles. The second kappa shape index (κ2) is 2.70. The molecule has 4 nitrogen and oxygen atoms in total. The highest BCUT2D eigenvalue weighted by Crippen LogP contribution is 2.33. The van der Waals surface area contributed by atoms with Crippen molar-refractivity contribution in [2.24, 2.45) is 0 Å². The zero-order valence-electron chi connectivity index (χ0n) is 6.43. The first-order chi connectivity index (χ1) is 6.18. The van der Waals surface area contributed by atoms with Gasteiger partial charge in [0.25, 0.3) is 5.69 Å². The largest absolute Gasteiger partial charge is 0.508 e. The summed E-state index contributed by atoms with van der Waals surface area (Å²) in [4.78, 5) is 10.1. The number of benzene rings is 1. The number of nitro groups is 1. The molecule has 2 aromatic rings. The molecule has 0 aliphatic rings. The van der Waals surface area contributed by atoms with Gasteiger partial charge in [-0.05, 0) is 18.2 Å². The summed E-state index contributed by atoms with van der Waals surface area (Å²) in [6.45, 7) is 0. The average Bonchev–Trinajstić information content (AvgIpc) is 2.46. The molecule has 0 bridgehead atoms. The number of phenolic OH excluding ortho intramolecular Hbond substituents is 1. The minimum atomic E-state index is -0.446. The van der Waals surface area contributed by atoms with Crippen molar-refractivity contribution in [1.82, 2.24) is 0 Å². The van der Waals surface area contributed by atoms with E-state index >= 15 is 0 Å². The Balaban J connectivity index is 2.79. The molecule has 0 aliphatic heterocycles. The van der Waals surface area contributed by atoms with Gasteiger partial charge in [0, 0.05) is 4.70 Å². The fourth-order valence-corrected chi connectivity index (χ4v) is 2.03. The molecule has 66 valence electrons. The van der Waals surface area contributed by atoms with Crippen LogP contribution in [0.1, 0.15) is 0 Å². The average molecular weight is 195 g/mol. The minimum Gasteiger partial charge on any atom is -0.508 e. The van der Waals surface area contributed by atoms with E-state index in [1.807, 2.05) is 0 Å². The summed E-state index contributed by atoms with van der Waals surface area (Å²) < 4.78 is 0.810. The Hall–Kier alpha value is -1.62. The van der Waals surface area contributed by atoms with Crippen LogP contribution in [0.3, 0.4) is 0 Å². The van der Waals surface area contributed by atoms with Crippen LogP contribution in [0.25, 0.3) is 10.1 Å². The molecule has 0 radical (unpaired) electrons. The van der Waals surface area contributed by atoms with Gasteiger partial charge in [0.05, 0.1) is 15.7 Å². The Kier molecular flexibility index (Phi) is 1.66. The molecule has 0 saturated carbocycles. The lowest BCUT2D eigenvalue weighted by molar-refractivity contribution is -0.382. The molecule has 5 heteroatoms. The highest BCUT2D eigenvalue weighted by Gasteiger charge is 2.13. The van der Waals surface area contributed by atoms with E-state index in [1.165, 1.54) is 28.8 Å². The van der Waals surface area contributed by atoms with Crippen molar-refractivity contribution in [3.05, 3.63) is 33.7 Å². The lowest BCUT2D eigenvalue weighted by atomic mass is 10.2. The topological polar surface area (TPSA) is 63.4 Å². The third kappa shape index (κ3) is 1.23. The predicted molar refractivity (Wildman–Crippen MR) is 50.1 cm³/mol. The molecule has 0 unspecified atom stereocenters. The summed E-state index contributed by atoms with van der Waals surface area (Å²) in [6.07, 6.45) is 0. The van der Waals surface area contributed by atoms with Crippen molar-refractivity contribution < 1.29 is 10.0 Å². The quantitative estimate of drug-likeness (QED) is 0.561. The SMILES string of the molecule is O=[N+]([O-])c1csc2ccc(O)cc12. The van der Waals surface area contributed by atoms with Crippen molar-refractivity contribution in [1.29, 1.82) is 0 Å². The van der Waals surface area contributed by atoms with Crippen LogP contribution in [0.4, 0.5) is 5.69 Å².